The summed E-state index contributed by atoms with van der Waals surface area (Å²) in [7, 11) is 0. The number of carboxylic acids is 2. The Hall–Kier alpha value is -1.27. The molecule has 76 valence electrons. The fourth-order valence-corrected chi connectivity index (χ4v) is 0.695. The molecule has 1 atom stereocenters. The smallest absolute Gasteiger partial charge is 0.402 e. The quantitative estimate of drug-likeness (QED) is 0.712. The summed E-state index contributed by atoms with van der Waals surface area (Å²) < 4.78 is 35.5. The van der Waals surface area contributed by atoms with Crippen LogP contribution in [0.4, 0.5) is 13.2 Å². The van der Waals surface area contributed by atoms with E-state index in [9.17, 15) is 22.8 Å². The van der Waals surface area contributed by atoms with Crippen molar-refractivity contribution in [2.24, 2.45) is 5.92 Å². The SMILES string of the molecule is O=C(O)CC[C@@H](C(=O)O)C(F)(F)F. The van der Waals surface area contributed by atoms with Gasteiger partial charge in [-0.3, -0.25) is 9.59 Å². The molecule has 0 spiro atoms. The lowest BCUT2D eigenvalue weighted by atomic mass is 10.0. The third-order valence-electron chi connectivity index (χ3n) is 1.34. The molecule has 0 rings (SSSR count). The first-order valence-electron chi connectivity index (χ1n) is 3.26. The molecule has 0 aliphatic rings. The van der Waals surface area contributed by atoms with Gasteiger partial charge in [-0.15, -0.1) is 0 Å². The predicted octanol–water partition coefficient (Wildman–Crippen LogP) is 1.11. The van der Waals surface area contributed by atoms with E-state index in [4.69, 9.17) is 10.2 Å². The van der Waals surface area contributed by atoms with Crippen LogP contribution in [0.3, 0.4) is 0 Å². The summed E-state index contributed by atoms with van der Waals surface area (Å²) in [6, 6.07) is 0. The van der Waals surface area contributed by atoms with E-state index in [-0.39, 0.29) is 0 Å². The fourth-order valence-electron chi connectivity index (χ4n) is 0.695. The van der Waals surface area contributed by atoms with Crippen LogP contribution < -0.4 is 0 Å². The van der Waals surface area contributed by atoms with Crippen LogP contribution in [0.25, 0.3) is 0 Å². The van der Waals surface area contributed by atoms with Crippen LogP contribution in [0.5, 0.6) is 0 Å². The molecule has 0 amide bonds. The van der Waals surface area contributed by atoms with Crippen molar-refractivity contribution in [1.82, 2.24) is 0 Å². The molecule has 0 aliphatic heterocycles. The van der Waals surface area contributed by atoms with Crippen molar-refractivity contribution < 1.29 is 33.0 Å². The maximum atomic E-state index is 11.8. The number of halogens is 3. The summed E-state index contributed by atoms with van der Waals surface area (Å²) in [5.74, 6) is -6.09. The topological polar surface area (TPSA) is 74.6 Å². The van der Waals surface area contributed by atoms with Gasteiger partial charge in [0.25, 0.3) is 0 Å². The zero-order valence-corrected chi connectivity index (χ0v) is 6.34. The van der Waals surface area contributed by atoms with Gasteiger partial charge < -0.3 is 10.2 Å². The van der Waals surface area contributed by atoms with Gasteiger partial charge in [-0.2, -0.15) is 13.2 Å². The van der Waals surface area contributed by atoms with Crippen LogP contribution in [0.15, 0.2) is 0 Å². The molecule has 0 saturated heterocycles. The number of hydrogen-bond acceptors (Lipinski definition) is 2. The van der Waals surface area contributed by atoms with Gasteiger partial charge in [-0.1, -0.05) is 0 Å². The van der Waals surface area contributed by atoms with Crippen molar-refractivity contribution in [2.45, 2.75) is 19.0 Å². The molecule has 0 fully saturated rings. The van der Waals surface area contributed by atoms with Gasteiger partial charge in [0.15, 0.2) is 5.92 Å². The summed E-state index contributed by atoms with van der Waals surface area (Å²) in [6.45, 7) is 0. The monoisotopic (exact) mass is 200 g/mol. The minimum absolute atomic E-state index is 0.809. The number of aliphatic carboxylic acids is 2. The van der Waals surface area contributed by atoms with E-state index >= 15 is 0 Å². The third-order valence-corrected chi connectivity index (χ3v) is 1.34. The molecule has 0 aromatic carbocycles. The first-order chi connectivity index (χ1) is 5.75. The lowest BCUT2D eigenvalue weighted by Crippen LogP contribution is -2.31. The molecule has 0 unspecified atom stereocenters. The highest BCUT2D eigenvalue weighted by atomic mass is 19.4. The average Bonchev–Trinajstić information content (AvgIpc) is 1.81. The van der Waals surface area contributed by atoms with Crippen molar-refractivity contribution >= 4 is 11.9 Å². The lowest BCUT2D eigenvalue weighted by molar-refractivity contribution is -0.195. The van der Waals surface area contributed by atoms with Gasteiger partial charge in [-0.25, -0.2) is 0 Å². The van der Waals surface area contributed by atoms with Gasteiger partial charge in [0.1, 0.15) is 0 Å². The highest BCUT2D eigenvalue weighted by molar-refractivity contribution is 5.72. The van der Waals surface area contributed by atoms with Crippen molar-refractivity contribution in [2.75, 3.05) is 0 Å². The Kier molecular flexibility index (Phi) is 3.70. The van der Waals surface area contributed by atoms with Crippen molar-refractivity contribution in [1.29, 1.82) is 0 Å². The van der Waals surface area contributed by atoms with E-state index in [0.29, 0.717) is 0 Å². The maximum Gasteiger partial charge on any atom is 0.402 e. The van der Waals surface area contributed by atoms with Crippen LogP contribution in [-0.2, 0) is 9.59 Å². The zero-order chi connectivity index (χ0) is 10.6. The Morgan fingerprint density at radius 3 is 1.92 bits per heavy atom. The Balaban J connectivity index is 4.28. The lowest BCUT2D eigenvalue weighted by Gasteiger charge is -2.14. The minimum atomic E-state index is -4.89. The highest BCUT2D eigenvalue weighted by Crippen LogP contribution is 2.29. The summed E-state index contributed by atoms with van der Waals surface area (Å²) in [6.07, 6.45) is -6.63. The zero-order valence-electron chi connectivity index (χ0n) is 6.34. The van der Waals surface area contributed by atoms with E-state index < -0.39 is 36.9 Å². The molecule has 0 heterocycles. The van der Waals surface area contributed by atoms with E-state index in [1.54, 1.807) is 0 Å². The Morgan fingerprint density at radius 1 is 1.23 bits per heavy atom. The van der Waals surface area contributed by atoms with Crippen LogP contribution in [0, 0.1) is 5.92 Å². The average molecular weight is 200 g/mol. The van der Waals surface area contributed by atoms with Gasteiger partial charge in [0, 0.05) is 6.42 Å². The number of hydrogen-bond donors (Lipinski definition) is 2. The predicted molar refractivity (Wildman–Crippen MR) is 34.1 cm³/mol. The van der Waals surface area contributed by atoms with Crippen LogP contribution in [-0.4, -0.2) is 28.3 Å². The fraction of sp³-hybridized carbons (Fsp3) is 0.667. The Morgan fingerprint density at radius 2 is 1.69 bits per heavy atom. The number of carboxylic acid groups (broad SMARTS) is 2. The van der Waals surface area contributed by atoms with Gasteiger partial charge in [-0.05, 0) is 6.42 Å². The van der Waals surface area contributed by atoms with Crippen LogP contribution in [0.2, 0.25) is 0 Å². The molecule has 13 heavy (non-hydrogen) atoms. The van der Waals surface area contributed by atoms with Crippen molar-refractivity contribution in [3.8, 4) is 0 Å². The Labute approximate surface area is 71.0 Å². The van der Waals surface area contributed by atoms with Gasteiger partial charge in [0.05, 0.1) is 0 Å². The van der Waals surface area contributed by atoms with E-state index in [1.165, 1.54) is 0 Å². The molecule has 7 heteroatoms. The molecule has 0 saturated carbocycles. The number of alkyl halides is 3. The van der Waals surface area contributed by atoms with Gasteiger partial charge >= 0.3 is 18.1 Å². The molecule has 0 bridgehead atoms. The molecule has 0 aromatic heterocycles. The minimum Gasteiger partial charge on any atom is -0.481 e. The molecular weight excluding hydrogens is 193 g/mol. The highest BCUT2D eigenvalue weighted by Gasteiger charge is 2.44. The third kappa shape index (κ3) is 4.34. The summed E-state index contributed by atoms with van der Waals surface area (Å²) in [5, 5.41) is 16.2. The second kappa shape index (κ2) is 4.11. The molecule has 0 aromatic rings. The first-order valence-corrected chi connectivity index (χ1v) is 3.26. The Bertz CT molecular complexity index is 210. The van der Waals surface area contributed by atoms with E-state index in [1.807, 2.05) is 0 Å². The number of carbonyl (C=O) groups is 2. The van der Waals surface area contributed by atoms with Crippen LogP contribution in [0.1, 0.15) is 12.8 Å². The molecule has 2 N–H and O–H groups in total. The van der Waals surface area contributed by atoms with E-state index in [0.717, 1.165) is 0 Å². The summed E-state index contributed by atoms with van der Waals surface area (Å²) in [5.41, 5.74) is 0. The number of rotatable bonds is 4. The van der Waals surface area contributed by atoms with Crippen molar-refractivity contribution in [3.63, 3.8) is 0 Å². The largest absolute Gasteiger partial charge is 0.481 e. The second-order valence-electron chi connectivity index (χ2n) is 2.36. The normalized spacial score (nSPS) is 13.8. The van der Waals surface area contributed by atoms with E-state index in [2.05, 4.69) is 0 Å². The first kappa shape index (κ1) is 11.7. The maximum absolute atomic E-state index is 11.8. The van der Waals surface area contributed by atoms with Crippen molar-refractivity contribution in [3.05, 3.63) is 0 Å². The second-order valence-corrected chi connectivity index (χ2v) is 2.36. The van der Waals surface area contributed by atoms with Gasteiger partial charge in [0.2, 0.25) is 0 Å². The summed E-state index contributed by atoms with van der Waals surface area (Å²) in [4.78, 5) is 19.9. The molecule has 0 aliphatic carbocycles. The summed E-state index contributed by atoms with van der Waals surface area (Å²) >= 11 is 0. The standard InChI is InChI=1S/C6H7F3O4/c7-6(8,9)3(5(12)13)1-2-4(10)11/h3H,1-2H2,(H,10,11)(H,12,13)/t3-/m0/s1. The molecule has 0 radical (unpaired) electrons. The van der Waals surface area contributed by atoms with Crippen LogP contribution >= 0.6 is 0 Å². The molecule has 4 nitrogen and oxygen atoms in total. The molecular formula is C6H7F3O4.